The minimum atomic E-state index is -0.633. The number of amides is 2. The lowest BCUT2D eigenvalue weighted by Gasteiger charge is -2.38. The molecule has 1 aromatic rings. The largest absolute Gasteiger partial charge is 0.348 e. The van der Waals surface area contributed by atoms with Crippen LogP contribution in [-0.4, -0.2) is 67.9 Å². The van der Waals surface area contributed by atoms with E-state index in [2.05, 4.69) is 27.5 Å². The highest BCUT2D eigenvalue weighted by Gasteiger charge is 2.25. The molecule has 1 aliphatic rings. The minimum absolute atomic E-state index is 0.0915. The first-order valence-electron chi connectivity index (χ1n) is 9.11. The first-order valence-corrected chi connectivity index (χ1v) is 9.11. The number of rotatable bonds is 6. The second-order valence-electron chi connectivity index (χ2n) is 7.22. The number of likely N-dealkylation sites (N-methyl/N-ethyl adjacent to an activating group) is 1. The molecule has 1 saturated heterocycles. The van der Waals surface area contributed by atoms with Crippen molar-refractivity contribution in [2.45, 2.75) is 19.9 Å². The standard InChI is InChI=1S/C19H29FN4O2/c1-14(2)12-21-18(25)19(26)22-13-17(15-4-6-16(20)7-5-15)24-10-8-23(3)9-11-24/h4-7,14,17H,8-13H2,1-3H3,(H,21,25)(H,22,26)/t17-/m0/s1. The summed E-state index contributed by atoms with van der Waals surface area (Å²) in [6.45, 7) is 8.28. The Bertz CT molecular complexity index is 598. The molecule has 2 amide bonds. The van der Waals surface area contributed by atoms with Crippen LogP contribution in [0.5, 0.6) is 0 Å². The Morgan fingerprint density at radius 1 is 1.00 bits per heavy atom. The number of carbonyl (C=O) groups is 2. The quantitative estimate of drug-likeness (QED) is 0.740. The average Bonchev–Trinajstić information content (AvgIpc) is 2.62. The van der Waals surface area contributed by atoms with Gasteiger partial charge in [0.2, 0.25) is 0 Å². The van der Waals surface area contributed by atoms with E-state index in [4.69, 9.17) is 0 Å². The van der Waals surface area contributed by atoms with Gasteiger partial charge in [0.15, 0.2) is 0 Å². The molecule has 26 heavy (non-hydrogen) atoms. The lowest BCUT2D eigenvalue weighted by atomic mass is 10.0. The third kappa shape index (κ3) is 6.07. The highest BCUT2D eigenvalue weighted by molar-refractivity contribution is 6.35. The fourth-order valence-electron chi connectivity index (χ4n) is 2.92. The highest BCUT2D eigenvalue weighted by Crippen LogP contribution is 2.22. The van der Waals surface area contributed by atoms with Crippen molar-refractivity contribution in [1.82, 2.24) is 20.4 Å². The van der Waals surface area contributed by atoms with Crippen LogP contribution in [0.3, 0.4) is 0 Å². The first-order chi connectivity index (χ1) is 12.4. The molecular weight excluding hydrogens is 335 g/mol. The van der Waals surface area contributed by atoms with E-state index < -0.39 is 11.8 Å². The summed E-state index contributed by atoms with van der Waals surface area (Å²) in [6, 6.07) is 6.24. The van der Waals surface area contributed by atoms with Gasteiger partial charge >= 0.3 is 11.8 Å². The van der Waals surface area contributed by atoms with Gasteiger partial charge in [0.05, 0.1) is 6.04 Å². The molecule has 1 atom stereocenters. The lowest BCUT2D eigenvalue weighted by molar-refractivity contribution is -0.139. The topological polar surface area (TPSA) is 64.7 Å². The van der Waals surface area contributed by atoms with Crippen molar-refractivity contribution < 1.29 is 14.0 Å². The molecule has 1 heterocycles. The molecule has 0 saturated carbocycles. The Morgan fingerprint density at radius 3 is 2.08 bits per heavy atom. The number of benzene rings is 1. The lowest BCUT2D eigenvalue weighted by Crippen LogP contribution is -2.50. The van der Waals surface area contributed by atoms with Gasteiger partial charge in [-0.25, -0.2) is 4.39 Å². The molecule has 1 aromatic carbocycles. The fourth-order valence-corrected chi connectivity index (χ4v) is 2.92. The van der Waals surface area contributed by atoms with Gasteiger partial charge in [-0.3, -0.25) is 14.5 Å². The van der Waals surface area contributed by atoms with E-state index in [0.29, 0.717) is 13.1 Å². The van der Waals surface area contributed by atoms with Crippen molar-refractivity contribution in [2.75, 3.05) is 46.3 Å². The molecular formula is C19H29FN4O2. The molecule has 0 aromatic heterocycles. The number of nitrogens with zero attached hydrogens (tertiary/aromatic N) is 2. The molecule has 2 rings (SSSR count). The second-order valence-corrected chi connectivity index (χ2v) is 7.22. The molecule has 1 fully saturated rings. The van der Waals surface area contributed by atoms with Crippen LogP contribution in [0.4, 0.5) is 4.39 Å². The van der Waals surface area contributed by atoms with E-state index in [0.717, 1.165) is 31.7 Å². The predicted octanol–water partition coefficient (Wildman–Crippen LogP) is 1.00. The zero-order valence-electron chi connectivity index (χ0n) is 15.8. The number of nitrogens with one attached hydrogen (secondary N) is 2. The molecule has 0 radical (unpaired) electrons. The summed E-state index contributed by atoms with van der Waals surface area (Å²) < 4.78 is 13.3. The van der Waals surface area contributed by atoms with Gasteiger partial charge in [0.1, 0.15) is 5.82 Å². The summed E-state index contributed by atoms with van der Waals surface area (Å²) in [5.74, 6) is -1.26. The second kappa shape index (κ2) is 9.64. The Hall–Kier alpha value is -1.99. The van der Waals surface area contributed by atoms with Crippen molar-refractivity contribution in [3.63, 3.8) is 0 Å². The third-order valence-electron chi connectivity index (χ3n) is 4.57. The van der Waals surface area contributed by atoms with E-state index >= 15 is 0 Å². The van der Waals surface area contributed by atoms with Gasteiger partial charge in [-0.05, 0) is 30.7 Å². The molecule has 6 nitrogen and oxygen atoms in total. The molecule has 0 unspecified atom stereocenters. The molecule has 1 aliphatic heterocycles. The Labute approximate surface area is 154 Å². The Balaban J connectivity index is 2.01. The van der Waals surface area contributed by atoms with Crippen molar-refractivity contribution in [2.24, 2.45) is 5.92 Å². The van der Waals surface area contributed by atoms with Crippen molar-refractivity contribution in [3.05, 3.63) is 35.6 Å². The van der Waals surface area contributed by atoms with Crippen molar-refractivity contribution in [3.8, 4) is 0 Å². The summed E-state index contributed by atoms with van der Waals surface area (Å²) in [7, 11) is 2.07. The number of hydrogen-bond acceptors (Lipinski definition) is 4. The molecule has 0 bridgehead atoms. The number of carbonyl (C=O) groups excluding carboxylic acids is 2. The van der Waals surface area contributed by atoms with Gasteiger partial charge in [0, 0.05) is 39.3 Å². The van der Waals surface area contributed by atoms with Crippen LogP contribution in [0.2, 0.25) is 0 Å². The van der Waals surface area contributed by atoms with Crippen LogP contribution in [0.15, 0.2) is 24.3 Å². The summed E-state index contributed by atoms with van der Waals surface area (Å²) in [6.07, 6.45) is 0. The van der Waals surface area contributed by atoms with Crippen LogP contribution in [0, 0.1) is 11.7 Å². The van der Waals surface area contributed by atoms with Crippen LogP contribution in [-0.2, 0) is 9.59 Å². The molecule has 7 heteroatoms. The van der Waals surface area contributed by atoms with Crippen LogP contribution in [0.1, 0.15) is 25.5 Å². The summed E-state index contributed by atoms with van der Waals surface area (Å²) >= 11 is 0. The maximum absolute atomic E-state index is 13.3. The zero-order chi connectivity index (χ0) is 19.1. The Morgan fingerprint density at radius 2 is 1.54 bits per heavy atom. The number of piperazine rings is 1. The molecule has 2 N–H and O–H groups in total. The Kier molecular flexibility index (Phi) is 7.53. The molecule has 0 aliphatic carbocycles. The first kappa shape index (κ1) is 20.3. The van der Waals surface area contributed by atoms with E-state index in [1.165, 1.54) is 12.1 Å². The van der Waals surface area contributed by atoms with Crippen LogP contribution < -0.4 is 10.6 Å². The average molecular weight is 364 g/mol. The van der Waals surface area contributed by atoms with Gasteiger partial charge in [-0.15, -0.1) is 0 Å². The summed E-state index contributed by atoms with van der Waals surface area (Å²) in [5, 5.41) is 5.35. The zero-order valence-corrected chi connectivity index (χ0v) is 15.8. The summed E-state index contributed by atoms with van der Waals surface area (Å²) in [4.78, 5) is 28.4. The predicted molar refractivity (Wildman–Crippen MR) is 99.1 cm³/mol. The van der Waals surface area contributed by atoms with Crippen molar-refractivity contribution >= 4 is 11.8 Å². The minimum Gasteiger partial charge on any atom is -0.348 e. The summed E-state index contributed by atoms with van der Waals surface area (Å²) in [5.41, 5.74) is 0.929. The molecule has 0 spiro atoms. The third-order valence-corrected chi connectivity index (χ3v) is 4.57. The van der Waals surface area contributed by atoms with Gasteiger partial charge in [-0.2, -0.15) is 0 Å². The van der Waals surface area contributed by atoms with Gasteiger partial charge in [-0.1, -0.05) is 26.0 Å². The number of halogens is 1. The SMILES string of the molecule is CC(C)CNC(=O)C(=O)NC[C@@H](c1ccc(F)cc1)N1CCN(C)CC1. The maximum Gasteiger partial charge on any atom is 0.309 e. The smallest absolute Gasteiger partial charge is 0.309 e. The van der Waals surface area contributed by atoms with E-state index in [9.17, 15) is 14.0 Å². The maximum atomic E-state index is 13.3. The van der Waals surface area contributed by atoms with Gasteiger partial charge < -0.3 is 15.5 Å². The normalized spacial score (nSPS) is 17.1. The van der Waals surface area contributed by atoms with E-state index in [-0.39, 0.29) is 17.8 Å². The van der Waals surface area contributed by atoms with Crippen LogP contribution >= 0.6 is 0 Å². The fraction of sp³-hybridized carbons (Fsp3) is 0.579. The van der Waals surface area contributed by atoms with E-state index in [1.807, 2.05) is 13.8 Å². The monoisotopic (exact) mass is 364 g/mol. The number of hydrogen-bond donors (Lipinski definition) is 2. The van der Waals surface area contributed by atoms with Crippen molar-refractivity contribution in [1.29, 1.82) is 0 Å². The highest BCUT2D eigenvalue weighted by atomic mass is 19.1. The van der Waals surface area contributed by atoms with Gasteiger partial charge in [0.25, 0.3) is 0 Å². The molecule has 144 valence electrons. The van der Waals surface area contributed by atoms with Crippen LogP contribution in [0.25, 0.3) is 0 Å². The van der Waals surface area contributed by atoms with E-state index in [1.54, 1.807) is 12.1 Å².